The molecule has 0 saturated carbocycles. The summed E-state index contributed by atoms with van der Waals surface area (Å²) >= 11 is 0. The third-order valence-electron chi connectivity index (χ3n) is 3.72. The number of fused-ring (bicyclic) bond motifs is 1. The Morgan fingerprint density at radius 3 is 2.39 bits per heavy atom. The predicted molar refractivity (Wildman–Crippen MR) is 96.1 cm³/mol. The molecule has 110 valence electrons. The lowest BCUT2D eigenvalue weighted by atomic mass is 10.0. The number of carbonyl (C=O) groups is 1. The molecular formula is C22H16O. The molecule has 23 heavy (non-hydrogen) atoms. The molecule has 0 saturated heterocycles. The molecule has 3 rings (SSSR count). The number of Topliss-reactive ketones (excluding diaryl/α,β-unsaturated/α-hetero) is 1. The van der Waals surface area contributed by atoms with Crippen molar-refractivity contribution in [1.29, 1.82) is 0 Å². The Hall–Kier alpha value is -3.11. The van der Waals surface area contributed by atoms with Gasteiger partial charge in [0.1, 0.15) is 0 Å². The first-order valence-corrected chi connectivity index (χ1v) is 7.50. The highest BCUT2D eigenvalue weighted by molar-refractivity contribution is 6.16. The predicted octanol–water partition coefficient (Wildman–Crippen LogP) is 5.13. The molecular weight excluding hydrogens is 280 g/mol. The van der Waals surface area contributed by atoms with Crippen molar-refractivity contribution >= 4 is 22.1 Å². The van der Waals surface area contributed by atoms with Gasteiger partial charge in [-0.1, -0.05) is 79.2 Å². The fourth-order valence-corrected chi connectivity index (χ4v) is 2.50. The second kappa shape index (κ2) is 6.77. The van der Waals surface area contributed by atoms with Crippen LogP contribution in [0.2, 0.25) is 0 Å². The maximum Gasteiger partial charge on any atom is 0.236 e. The molecule has 0 aliphatic rings. The first kappa shape index (κ1) is 14.8. The van der Waals surface area contributed by atoms with Crippen molar-refractivity contribution < 1.29 is 4.79 Å². The third kappa shape index (κ3) is 3.39. The molecule has 3 aromatic carbocycles. The van der Waals surface area contributed by atoms with Gasteiger partial charge in [0.05, 0.1) is 0 Å². The van der Waals surface area contributed by atoms with E-state index in [-0.39, 0.29) is 5.78 Å². The van der Waals surface area contributed by atoms with Gasteiger partial charge < -0.3 is 0 Å². The molecule has 0 bridgehead atoms. The molecule has 0 aromatic heterocycles. The number of rotatable bonds is 3. The van der Waals surface area contributed by atoms with Crippen molar-refractivity contribution in [3.63, 3.8) is 0 Å². The van der Waals surface area contributed by atoms with Crippen LogP contribution in [0, 0.1) is 11.8 Å². The van der Waals surface area contributed by atoms with Crippen LogP contribution in [0.25, 0.3) is 16.3 Å². The molecule has 0 N–H and O–H groups in total. The summed E-state index contributed by atoms with van der Waals surface area (Å²) in [5, 5.41) is 1.99. The zero-order chi connectivity index (χ0) is 16.1. The van der Waals surface area contributed by atoms with Gasteiger partial charge in [-0.15, -0.1) is 0 Å². The van der Waals surface area contributed by atoms with Crippen LogP contribution in [0.1, 0.15) is 22.3 Å². The van der Waals surface area contributed by atoms with Crippen molar-refractivity contribution in [3.8, 4) is 11.8 Å². The van der Waals surface area contributed by atoms with E-state index in [9.17, 15) is 4.79 Å². The smallest absolute Gasteiger partial charge is 0.236 e. The molecule has 0 fully saturated rings. The summed E-state index contributed by atoms with van der Waals surface area (Å²) in [6, 6.07) is 23.5. The number of hydrogen-bond acceptors (Lipinski definition) is 1. The summed E-state index contributed by atoms with van der Waals surface area (Å²) in [5.41, 5.74) is 2.63. The van der Waals surface area contributed by atoms with Crippen molar-refractivity contribution in [2.75, 3.05) is 0 Å². The lowest BCUT2D eigenvalue weighted by Gasteiger charge is -2.02. The zero-order valence-corrected chi connectivity index (χ0v) is 12.8. The van der Waals surface area contributed by atoms with E-state index in [1.165, 1.54) is 0 Å². The summed E-state index contributed by atoms with van der Waals surface area (Å²) in [5.74, 6) is 5.54. The molecule has 0 atom stereocenters. The fraction of sp³-hybridized carbons (Fsp3) is 0.0455. The molecule has 0 heterocycles. The van der Waals surface area contributed by atoms with Gasteiger partial charge in [-0.3, -0.25) is 4.79 Å². The van der Waals surface area contributed by atoms with Crippen molar-refractivity contribution in [2.45, 2.75) is 6.42 Å². The van der Waals surface area contributed by atoms with Crippen molar-refractivity contribution in [2.24, 2.45) is 0 Å². The topological polar surface area (TPSA) is 17.1 Å². The average Bonchev–Trinajstić information content (AvgIpc) is 2.61. The van der Waals surface area contributed by atoms with Crippen LogP contribution >= 0.6 is 0 Å². The normalized spacial score (nSPS) is 9.91. The van der Waals surface area contributed by atoms with E-state index in [0.717, 1.165) is 21.9 Å². The van der Waals surface area contributed by atoms with E-state index in [1.54, 1.807) is 0 Å². The van der Waals surface area contributed by atoms with Gasteiger partial charge >= 0.3 is 0 Å². The first-order chi connectivity index (χ1) is 11.3. The number of hydrogen-bond donors (Lipinski definition) is 0. The van der Waals surface area contributed by atoms with Gasteiger partial charge in [-0.25, -0.2) is 0 Å². The molecule has 3 aromatic rings. The molecule has 1 nitrogen and oxygen atoms in total. The van der Waals surface area contributed by atoms with E-state index >= 15 is 0 Å². The van der Waals surface area contributed by atoms with Crippen LogP contribution in [0.5, 0.6) is 0 Å². The van der Waals surface area contributed by atoms with Crippen LogP contribution in [-0.4, -0.2) is 5.78 Å². The van der Waals surface area contributed by atoms with Gasteiger partial charge in [0.2, 0.25) is 5.78 Å². The highest BCUT2D eigenvalue weighted by Crippen LogP contribution is 2.19. The van der Waals surface area contributed by atoms with E-state index < -0.39 is 0 Å². The Morgan fingerprint density at radius 1 is 0.870 bits per heavy atom. The van der Waals surface area contributed by atoms with Crippen LogP contribution in [0.15, 0.2) is 79.4 Å². The van der Waals surface area contributed by atoms with Crippen LogP contribution in [0.4, 0.5) is 0 Å². The largest absolute Gasteiger partial charge is 0.279 e. The third-order valence-corrected chi connectivity index (χ3v) is 3.72. The Morgan fingerprint density at radius 2 is 1.57 bits per heavy atom. The summed E-state index contributed by atoms with van der Waals surface area (Å²) in [6.45, 7) is 4.03. The van der Waals surface area contributed by atoms with E-state index in [2.05, 4.69) is 18.4 Å². The zero-order valence-electron chi connectivity index (χ0n) is 12.8. The second-order valence-corrected chi connectivity index (χ2v) is 5.30. The number of carbonyl (C=O) groups excluding carboxylic acids is 1. The summed E-state index contributed by atoms with van der Waals surface area (Å²) in [6.07, 6.45) is 0.487. The second-order valence-electron chi connectivity index (χ2n) is 5.30. The van der Waals surface area contributed by atoms with Crippen LogP contribution in [0.3, 0.4) is 0 Å². The van der Waals surface area contributed by atoms with Crippen LogP contribution in [-0.2, 0) is 0 Å². The SMILES string of the molecule is C=C(CC#CC(=O)c1cccc2ccccc12)c1ccccc1. The highest BCUT2D eigenvalue weighted by atomic mass is 16.1. The quantitative estimate of drug-likeness (QED) is 0.372. The van der Waals surface area contributed by atoms with Gasteiger partial charge in [0.25, 0.3) is 0 Å². The van der Waals surface area contributed by atoms with Crippen molar-refractivity contribution in [1.82, 2.24) is 0 Å². The Balaban J connectivity index is 1.79. The number of benzene rings is 3. The van der Waals surface area contributed by atoms with Gasteiger partial charge in [0, 0.05) is 12.0 Å². The Kier molecular flexibility index (Phi) is 4.36. The molecule has 0 spiro atoms. The van der Waals surface area contributed by atoms with Crippen LogP contribution < -0.4 is 0 Å². The van der Waals surface area contributed by atoms with Gasteiger partial charge in [-0.2, -0.15) is 0 Å². The fourth-order valence-electron chi connectivity index (χ4n) is 2.50. The van der Waals surface area contributed by atoms with Gasteiger partial charge in [0.15, 0.2) is 0 Å². The average molecular weight is 296 g/mol. The van der Waals surface area contributed by atoms with E-state index in [1.807, 2.05) is 72.8 Å². The maximum atomic E-state index is 12.4. The monoisotopic (exact) mass is 296 g/mol. The number of allylic oxidation sites excluding steroid dienone is 1. The minimum Gasteiger partial charge on any atom is -0.279 e. The molecule has 1 heteroatoms. The maximum absolute atomic E-state index is 12.4. The standard InChI is InChI=1S/C22H16O/c1-17(18-10-3-2-4-11-18)9-7-16-22(23)21-15-8-13-19-12-5-6-14-20(19)21/h2-6,8,10-15H,1,9H2. The summed E-state index contributed by atoms with van der Waals surface area (Å²) < 4.78 is 0. The van der Waals surface area contributed by atoms with Crippen molar-refractivity contribution in [3.05, 3.63) is 90.5 Å². The Bertz CT molecular complexity index is 919. The molecule has 0 aliphatic heterocycles. The van der Waals surface area contributed by atoms with E-state index in [4.69, 9.17) is 0 Å². The first-order valence-electron chi connectivity index (χ1n) is 7.50. The lowest BCUT2D eigenvalue weighted by Crippen LogP contribution is -1.96. The molecule has 0 amide bonds. The molecule has 0 unspecified atom stereocenters. The molecule has 0 radical (unpaired) electrons. The lowest BCUT2D eigenvalue weighted by molar-refractivity contribution is 0.105. The minimum absolute atomic E-state index is 0.150. The van der Waals surface area contributed by atoms with E-state index in [0.29, 0.717) is 12.0 Å². The van der Waals surface area contributed by atoms with Gasteiger partial charge in [-0.05, 0) is 33.9 Å². The highest BCUT2D eigenvalue weighted by Gasteiger charge is 2.06. The summed E-state index contributed by atoms with van der Waals surface area (Å²) in [4.78, 5) is 12.4. The Labute approximate surface area is 136 Å². The molecule has 0 aliphatic carbocycles. The minimum atomic E-state index is -0.150. The summed E-state index contributed by atoms with van der Waals surface area (Å²) in [7, 11) is 0. The number of ketones is 1.